The van der Waals surface area contributed by atoms with Crippen molar-refractivity contribution in [3.8, 4) is 0 Å². The molecule has 2 N–H and O–H groups in total. The zero-order valence-corrected chi connectivity index (χ0v) is 13.9. The van der Waals surface area contributed by atoms with E-state index >= 15 is 0 Å². The van der Waals surface area contributed by atoms with Crippen molar-refractivity contribution in [3.05, 3.63) is 0 Å². The van der Waals surface area contributed by atoms with E-state index in [-0.39, 0.29) is 0 Å². The topological polar surface area (TPSA) is 81.1 Å². The van der Waals surface area contributed by atoms with Crippen molar-refractivity contribution in [1.29, 1.82) is 0 Å². The second kappa shape index (κ2) is 6.73. The van der Waals surface area contributed by atoms with E-state index < -0.39 is 10.4 Å². The van der Waals surface area contributed by atoms with E-state index in [1.165, 1.54) is 64.7 Å². The number of hydrogen-bond donors (Lipinski definition) is 2. The summed E-state index contributed by atoms with van der Waals surface area (Å²) in [7, 11) is -4.67. The average molecular weight is 332 g/mol. The molecule has 128 valence electrons. The maximum Gasteiger partial charge on any atom is 0.394 e. The molecular formula is C15H28N2O4S. The van der Waals surface area contributed by atoms with E-state index in [1.54, 1.807) is 6.42 Å². The Hall–Kier alpha value is -0.210. The van der Waals surface area contributed by atoms with Gasteiger partial charge < -0.3 is 0 Å². The summed E-state index contributed by atoms with van der Waals surface area (Å²) in [5.74, 6) is 2.03. The first kappa shape index (κ1) is 16.6. The average Bonchev–Trinajstić information content (AvgIpc) is 2.46. The standard InChI is InChI=1S/C15H26N2.H2O4S/c1-3-7-16-11-13-9-12(14(16)5-1)10-17-8-4-2-6-15(13)17;1-5(2,3)4/h12-15H,1-11H2;(H2,1,2,3,4). The third-order valence-corrected chi connectivity index (χ3v) is 5.96. The summed E-state index contributed by atoms with van der Waals surface area (Å²) in [6.45, 7) is 5.68. The van der Waals surface area contributed by atoms with Gasteiger partial charge in [-0.1, -0.05) is 12.8 Å². The van der Waals surface area contributed by atoms with Crippen molar-refractivity contribution in [3.63, 3.8) is 0 Å². The summed E-state index contributed by atoms with van der Waals surface area (Å²) in [4.78, 5) is 5.74. The van der Waals surface area contributed by atoms with Crippen LogP contribution in [-0.2, 0) is 10.4 Å². The molecule has 4 rings (SSSR count). The minimum absolute atomic E-state index is 0.961. The summed E-state index contributed by atoms with van der Waals surface area (Å²) in [6.07, 6.45) is 10.5. The molecule has 4 saturated heterocycles. The monoisotopic (exact) mass is 332 g/mol. The highest BCUT2D eigenvalue weighted by atomic mass is 32.3. The van der Waals surface area contributed by atoms with Crippen LogP contribution in [-0.4, -0.2) is 65.6 Å². The molecule has 0 radical (unpaired) electrons. The Bertz CT molecular complexity index is 448. The Kier molecular flexibility index (Phi) is 5.09. The van der Waals surface area contributed by atoms with Crippen LogP contribution < -0.4 is 0 Å². The molecule has 0 aromatic heterocycles. The van der Waals surface area contributed by atoms with Crippen molar-refractivity contribution in [2.24, 2.45) is 11.8 Å². The molecule has 6 nitrogen and oxygen atoms in total. The molecule has 0 saturated carbocycles. The highest BCUT2D eigenvalue weighted by Crippen LogP contribution is 2.42. The molecule has 4 fully saturated rings. The normalized spacial score (nSPS) is 39.2. The van der Waals surface area contributed by atoms with Crippen LogP contribution in [0.4, 0.5) is 0 Å². The lowest BCUT2D eigenvalue weighted by molar-refractivity contribution is -0.0718. The molecule has 0 aliphatic carbocycles. The van der Waals surface area contributed by atoms with Crippen LogP contribution in [0.5, 0.6) is 0 Å². The van der Waals surface area contributed by atoms with Gasteiger partial charge in [-0.3, -0.25) is 18.9 Å². The molecule has 4 aliphatic rings. The largest absolute Gasteiger partial charge is 0.394 e. The molecule has 0 aromatic rings. The molecular weight excluding hydrogens is 304 g/mol. The van der Waals surface area contributed by atoms with Crippen molar-refractivity contribution in [1.82, 2.24) is 9.80 Å². The fourth-order valence-electron chi connectivity index (χ4n) is 5.25. The van der Waals surface area contributed by atoms with Crippen molar-refractivity contribution in [2.45, 2.75) is 57.0 Å². The van der Waals surface area contributed by atoms with E-state index in [9.17, 15) is 0 Å². The van der Waals surface area contributed by atoms with Crippen LogP contribution in [0.3, 0.4) is 0 Å². The summed E-state index contributed by atoms with van der Waals surface area (Å²) >= 11 is 0. The van der Waals surface area contributed by atoms with E-state index in [0.717, 1.165) is 23.9 Å². The minimum atomic E-state index is -4.67. The molecule has 0 spiro atoms. The number of rotatable bonds is 0. The summed E-state index contributed by atoms with van der Waals surface area (Å²) in [5.41, 5.74) is 0. The SMILES string of the molecule is C1CCN2CC3CC(CN4CCCCC34)C2C1.O=S(=O)(O)O. The number of piperidine rings is 4. The third-order valence-electron chi connectivity index (χ3n) is 5.96. The van der Waals surface area contributed by atoms with E-state index in [4.69, 9.17) is 17.5 Å². The van der Waals surface area contributed by atoms with Crippen LogP contribution in [0, 0.1) is 11.8 Å². The van der Waals surface area contributed by atoms with Gasteiger partial charge in [0.1, 0.15) is 0 Å². The molecule has 4 heterocycles. The quantitative estimate of drug-likeness (QED) is 0.657. The van der Waals surface area contributed by atoms with Gasteiger partial charge in [0, 0.05) is 25.2 Å². The van der Waals surface area contributed by atoms with Gasteiger partial charge in [-0.05, 0) is 57.0 Å². The van der Waals surface area contributed by atoms with Gasteiger partial charge in [0.15, 0.2) is 0 Å². The Morgan fingerprint density at radius 1 is 0.773 bits per heavy atom. The smallest absolute Gasteiger partial charge is 0.300 e. The first-order valence-corrected chi connectivity index (χ1v) is 9.99. The summed E-state index contributed by atoms with van der Waals surface area (Å²) < 4.78 is 31.6. The van der Waals surface area contributed by atoms with E-state index in [2.05, 4.69) is 9.80 Å². The van der Waals surface area contributed by atoms with E-state index in [1.807, 2.05) is 0 Å². The molecule has 0 aromatic carbocycles. The van der Waals surface area contributed by atoms with Crippen LogP contribution >= 0.6 is 0 Å². The Morgan fingerprint density at radius 3 is 1.59 bits per heavy atom. The van der Waals surface area contributed by atoms with Gasteiger partial charge in [-0.15, -0.1) is 0 Å². The predicted molar refractivity (Wildman–Crippen MR) is 84.2 cm³/mol. The van der Waals surface area contributed by atoms with Gasteiger partial charge >= 0.3 is 10.4 Å². The molecule has 4 atom stereocenters. The van der Waals surface area contributed by atoms with Gasteiger partial charge in [0.25, 0.3) is 0 Å². The van der Waals surface area contributed by atoms with Crippen LogP contribution in [0.2, 0.25) is 0 Å². The maximum atomic E-state index is 8.74. The second-order valence-corrected chi connectivity index (χ2v) is 8.22. The number of hydrogen-bond acceptors (Lipinski definition) is 4. The van der Waals surface area contributed by atoms with Gasteiger partial charge in [-0.25, -0.2) is 0 Å². The zero-order valence-electron chi connectivity index (χ0n) is 13.1. The predicted octanol–water partition coefficient (Wildman–Crippen LogP) is 1.69. The molecule has 2 bridgehead atoms. The molecule has 22 heavy (non-hydrogen) atoms. The fourth-order valence-corrected chi connectivity index (χ4v) is 5.25. The van der Waals surface area contributed by atoms with Gasteiger partial charge in [0.05, 0.1) is 0 Å². The second-order valence-electron chi connectivity index (χ2n) is 7.32. The van der Waals surface area contributed by atoms with Crippen LogP contribution in [0.1, 0.15) is 44.9 Å². The molecule has 4 aliphatic heterocycles. The van der Waals surface area contributed by atoms with Gasteiger partial charge in [0.2, 0.25) is 0 Å². The lowest BCUT2D eigenvalue weighted by atomic mass is 9.71. The highest BCUT2D eigenvalue weighted by molar-refractivity contribution is 7.79. The Labute approximate surface area is 133 Å². The first-order valence-electron chi connectivity index (χ1n) is 8.60. The fraction of sp³-hybridized carbons (Fsp3) is 1.00. The number of fused-ring (bicyclic) bond motifs is 6. The number of nitrogens with zero attached hydrogens (tertiary/aromatic N) is 2. The molecule has 4 unspecified atom stereocenters. The Balaban J connectivity index is 0.000000254. The van der Waals surface area contributed by atoms with Crippen LogP contribution in [0.15, 0.2) is 0 Å². The lowest BCUT2D eigenvalue weighted by Crippen LogP contribution is -2.63. The summed E-state index contributed by atoms with van der Waals surface area (Å²) in [6, 6.07) is 1.92. The van der Waals surface area contributed by atoms with Gasteiger partial charge in [-0.2, -0.15) is 8.42 Å². The van der Waals surface area contributed by atoms with Crippen molar-refractivity contribution < 1.29 is 17.5 Å². The van der Waals surface area contributed by atoms with Crippen molar-refractivity contribution in [2.75, 3.05) is 26.2 Å². The molecule has 0 amide bonds. The third kappa shape index (κ3) is 4.00. The summed E-state index contributed by atoms with van der Waals surface area (Å²) in [5, 5.41) is 0. The maximum absolute atomic E-state index is 8.74. The Morgan fingerprint density at radius 2 is 1.18 bits per heavy atom. The van der Waals surface area contributed by atoms with E-state index in [0.29, 0.717) is 0 Å². The first-order chi connectivity index (χ1) is 10.4. The van der Waals surface area contributed by atoms with Crippen LogP contribution in [0.25, 0.3) is 0 Å². The molecule has 7 heteroatoms. The van der Waals surface area contributed by atoms with Crippen molar-refractivity contribution >= 4 is 10.4 Å². The minimum Gasteiger partial charge on any atom is -0.300 e. The highest BCUT2D eigenvalue weighted by Gasteiger charge is 2.46. The lowest BCUT2D eigenvalue weighted by Gasteiger charge is -2.57. The zero-order chi connectivity index (χ0) is 15.7.